The lowest BCUT2D eigenvalue weighted by molar-refractivity contribution is -0.907. The maximum Gasteiger partial charge on any atom is 0.282 e. The van der Waals surface area contributed by atoms with Crippen molar-refractivity contribution in [3.8, 4) is 5.75 Å². The zero-order valence-corrected chi connectivity index (χ0v) is 17.9. The molecule has 1 aliphatic rings. The van der Waals surface area contributed by atoms with E-state index in [9.17, 15) is 4.79 Å². The lowest BCUT2D eigenvalue weighted by atomic mass is 10.1. The van der Waals surface area contributed by atoms with Gasteiger partial charge in [-0.05, 0) is 55.5 Å². The molecule has 2 atom stereocenters. The van der Waals surface area contributed by atoms with Crippen molar-refractivity contribution >= 4 is 17.3 Å². The van der Waals surface area contributed by atoms with Gasteiger partial charge in [0.05, 0.1) is 20.3 Å². The summed E-state index contributed by atoms with van der Waals surface area (Å²) in [7, 11) is 2.04. The van der Waals surface area contributed by atoms with Crippen molar-refractivity contribution in [2.45, 2.75) is 19.5 Å². The number of quaternary nitrogens is 1. The van der Waals surface area contributed by atoms with Gasteiger partial charge in [-0.2, -0.15) is 0 Å². The molecule has 6 heteroatoms. The molecule has 2 N–H and O–H groups in total. The van der Waals surface area contributed by atoms with E-state index in [1.807, 2.05) is 50.4 Å². The van der Waals surface area contributed by atoms with Gasteiger partial charge in [0, 0.05) is 30.0 Å². The van der Waals surface area contributed by atoms with Crippen LogP contribution in [0.2, 0.25) is 0 Å². The Morgan fingerprint density at radius 1 is 1.20 bits per heavy atom. The van der Waals surface area contributed by atoms with E-state index in [0.29, 0.717) is 6.61 Å². The number of nitrogens with one attached hydrogen (secondary N) is 2. The molecule has 6 nitrogen and oxygen atoms in total. The molecular formula is C24H32N3O3+. The highest BCUT2D eigenvalue weighted by molar-refractivity contribution is 5.93. The third-order valence-corrected chi connectivity index (χ3v) is 5.42. The van der Waals surface area contributed by atoms with Crippen LogP contribution < -0.4 is 19.9 Å². The Balaban J connectivity index is 1.51. The van der Waals surface area contributed by atoms with Gasteiger partial charge in [0.25, 0.3) is 5.91 Å². The number of ether oxygens (including phenoxy) is 2. The van der Waals surface area contributed by atoms with Crippen LogP contribution in [0, 0.1) is 0 Å². The number of carbonyl (C=O) groups excluding carboxylic acids is 1. The van der Waals surface area contributed by atoms with E-state index in [-0.39, 0.29) is 11.9 Å². The van der Waals surface area contributed by atoms with E-state index in [1.165, 1.54) is 0 Å². The molecule has 2 aromatic rings. The lowest BCUT2D eigenvalue weighted by Crippen LogP contribution is -3.12. The Labute approximate surface area is 179 Å². The maximum atomic E-state index is 12.7. The van der Waals surface area contributed by atoms with Crippen molar-refractivity contribution in [2.24, 2.45) is 0 Å². The van der Waals surface area contributed by atoms with Crippen LogP contribution >= 0.6 is 0 Å². The number of hydrogen-bond acceptors (Lipinski definition) is 4. The molecule has 1 saturated heterocycles. The summed E-state index contributed by atoms with van der Waals surface area (Å²) in [6, 6.07) is 15.8. The summed E-state index contributed by atoms with van der Waals surface area (Å²) in [6.07, 6.45) is 1.72. The van der Waals surface area contributed by atoms with Gasteiger partial charge in [0.2, 0.25) is 0 Å². The molecule has 30 heavy (non-hydrogen) atoms. The fraction of sp³-hybridized carbons (Fsp3) is 0.375. The van der Waals surface area contributed by atoms with E-state index in [0.717, 1.165) is 60.4 Å². The largest absolute Gasteiger partial charge is 0.490 e. The van der Waals surface area contributed by atoms with Gasteiger partial charge in [-0.3, -0.25) is 4.79 Å². The van der Waals surface area contributed by atoms with Gasteiger partial charge in [0.15, 0.2) is 6.04 Å². The summed E-state index contributed by atoms with van der Waals surface area (Å²) in [4.78, 5) is 16.1. The number of rotatable bonds is 9. The molecule has 0 aromatic heterocycles. The maximum absolute atomic E-state index is 12.7. The summed E-state index contributed by atoms with van der Waals surface area (Å²) in [5, 5.41) is 3.04. The molecule has 1 heterocycles. The summed E-state index contributed by atoms with van der Waals surface area (Å²) in [5.41, 5.74) is 3.14. The van der Waals surface area contributed by atoms with Gasteiger partial charge in [-0.15, -0.1) is 0 Å². The van der Waals surface area contributed by atoms with Gasteiger partial charge in [0.1, 0.15) is 18.9 Å². The van der Waals surface area contributed by atoms with Crippen LogP contribution in [0.25, 0.3) is 0 Å². The molecular weight excluding hydrogens is 378 g/mol. The third-order valence-electron chi connectivity index (χ3n) is 5.42. The van der Waals surface area contributed by atoms with Crippen LogP contribution in [0.5, 0.6) is 5.75 Å². The fourth-order valence-electron chi connectivity index (χ4n) is 3.39. The Morgan fingerprint density at radius 2 is 1.87 bits per heavy atom. The SMILES string of the molecule is C=CCOc1ccc(C[NH+](C)[C@@H](C)C(=O)Nc2ccc(N3CCOCC3)cc2)cc1. The summed E-state index contributed by atoms with van der Waals surface area (Å²) < 4.78 is 10.9. The van der Waals surface area contributed by atoms with Crippen LogP contribution in [-0.4, -0.2) is 51.9 Å². The molecule has 1 unspecified atom stereocenters. The van der Waals surface area contributed by atoms with Crippen LogP contribution in [0.3, 0.4) is 0 Å². The van der Waals surface area contributed by atoms with E-state index in [2.05, 4.69) is 28.9 Å². The predicted octanol–water partition coefficient (Wildman–Crippen LogP) is 2.13. The fourth-order valence-corrected chi connectivity index (χ4v) is 3.39. The predicted molar refractivity (Wildman–Crippen MR) is 120 cm³/mol. The molecule has 2 aromatic carbocycles. The Morgan fingerprint density at radius 3 is 2.50 bits per heavy atom. The number of morpholine rings is 1. The second-order valence-electron chi connectivity index (χ2n) is 7.62. The molecule has 0 bridgehead atoms. The van der Waals surface area contributed by atoms with Gasteiger partial charge >= 0.3 is 0 Å². The highest BCUT2D eigenvalue weighted by Gasteiger charge is 2.22. The van der Waals surface area contributed by atoms with Crippen molar-refractivity contribution in [1.82, 2.24) is 0 Å². The molecule has 0 saturated carbocycles. The van der Waals surface area contributed by atoms with Crippen molar-refractivity contribution in [1.29, 1.82) is 0 Å². The molecule has 3 rings (SSSR count). The van der Waals surface area contributed by atoms with E-state index < -0.39 is 0 Å². The van der Waals surface area contributed by atoms with Crippen molar-refractivity contribution in [3.63, 3.8) is 0 Å². The first-order chi connectivity index (χ1) is 14.6. The van der Waals surface area contributed by atoms with Crippen molar-refractivity contribution in [2.75, 3.05) is 50.2 Å². The second kappa shape index (κ2) is 10.8. The minimum absolute atomic E-state index is 0.0116. The molecule has 0 radical (unpaired) electrons. The number of anilines is 2. The number of carbonyl (C=O) groups is 1. The van der Waals surface area contributed by atoms with Gasteiger partial charge in [-0.25, -0.2) is 0 Å². The van der Waals surface area contributed by atoms with Gasteiger partial charge in [-0.1, -0.05) is 12.7 Å². The first-order valence-electron chi connectivity index (χ1n) is 10.5. The van der Waals surface area contributed by atoms with E-state index >= 15 is 0 Å². The van der Waals surface area contributed by atoms with Crippen molar-refractivity contribution < 1.29 is 19.2 Å². The number of amides is 1. The summed E-state index contributed by atoms with van der Waals surface area (Å²) in [5.74, 6) is 0.833. The first-order valence-corrected chi connectivity index (χ1v) is 10.5. The van der Waals surface area contributed by atoms with E-state index in [1.54, 1.807) is 6.08 Å². The standard InChI is InChI=1S/C24H31N3O3/c1-4-15-30-23-11-5-20(6-12-23)18-26(3)19(2)24(28)25-21-7-9-22(10-8-21)27-13-16-29-17-14-27/h4-12,19H,1,13-18H2,2-3H3,(H,25,28)/p+1/t19-/m0/s1. The zero-order chi connectivity index (χ0) is 21.3. The van der Waals surface area contributed by atoms with Crippen LogP contribution in [0.4, 0.5) is 11.4 Å². The van der Waals surface area contributed by atoms with E-state index in [4.69, 9.17) is 9.47 Å². The molecule has 1 fully saturated rings. The third kappa shape index (κ3) is 6.08. The highest BCUT2D eigenvalue weighted by atomic mass is 16.5. The number of nitrogens with zero attached hydrogens (tertiary/aromatic N) is 1. The average Bonchev–Trinajstić information content (AvgIpc) is 2.79. The smallest absolute Gasteiger partial charge is 0.282 e. The molecule has 0 spiro atoms. The molecule has 160 valence electrons. The summed E-state index contributed by atoms with van der Waals surface area (Å²) in [6.45, 7) is 10.2. The number of hydrogen-bond donors (Lipinski definition) is 2. The first kappa shape index (κ1) is 21.9. The minimum Gasteiger partial charge on any atom is -0.490 e. The lowest BCUT2D eigenvalue weighted by Gasteiger charge is -2.29. The topological polar surface area (TPSA) is 55.2 Å². The second-order valence-corrected chi connectivity index (χ2v) is 7.62. The number of benzene rings is 2. The Bertz CT molecular complexity index is 815. The summed E-state index contributed by atoms with van der Waals surface area (Å²) >= 11 is 0. The number of likely N-dealkylation sites (N-methyl/N-ethyl adjacent to an activating group) is 1. The molecule has 0 aliphatic carbocycles. The van der Waals surface area contributed by atoms with Crippen LogP contribution in [0.1, 0.15) is 12.5 Å². The molecule has 1 amide bonds. The monoisotopic (exact) mass is 410 g/mol. The van der Waals surface area contributed by atoms with Gasteiger partial charge < -0.3 is 24.6 Å². The normalized spacial score (nSPS) is 15.9. The quantitative estimate of drug-likeness (QED) is 0.622. The minimum atomic E-state index is -0.180. The average molecular weight is 411 g/mol. The van der Waals surface area contributed by atoms with Crippen LogP contribution in [0.15, 0.2) is 61.2 Å². The van der Waals surface area contributed by atoms with Crippen LogP contribution in [-0.2, 0) is 16.1 Å². The molecule has 1 aliphatic heterocycles. The highest BCUT2D eigenvalue weighted by Crippen LogP contribution is 2.19. The van der Waals surface area contributed by atoms with Crippen molar-refractivity contribution in [3.05, 3.63) is 66.7 Å². The Hall–Kier alpha value is -2.83. The zero-order valence-electron chi connectivity index (χ0n) is 17.9. The Kier molecular flexibility index (Phi) is 7.88.